The van der Waals surface area contributed by atoms with Crippen LogP contribution in [0.2, 0.25) is 36.3 Å². The van der Waals surface area contributed by atoms with Crippen LogP contribution >= 0.6 is 0 Å². The van der Waals surface area contributed by atoms with Gasteiger partial charge in [-0.25, -0.2) is 0 Å². The van der Waals surface area contributed by atoms with Crippen molar-refractivity contribution in [2.24, 2.45) is 17.8 Å². The molecule has 1 fully saturated rings. The number of benzene rings is 1. The third-order valence-corrected chi connectivity index (χ3v) is 18.8. The molecule has 0 radical (unpaired) electrons. The van der Waals surface area contributed by atoms with Crippen molar-refractivity contribution in [2.75, 3.05) is 13.2 Å². The third-order valence-electron chi connectivity index (χ3n) is 9.57. The molecule has 0 unspecified atom stereocenters. The number of hydrogen-bond acceptors (Lipinski definition) is 5. The molecule has 0 bridgehead atoms. The monoisotopic (exact) mass is 566 g/mol. The molecular formula is C31H58O5Si2. The van der Waals surface area contributed by atoms with Crippen molar-refractivity contribution in [3.8, 4) is 0 Å². The van der Waals surface area contributed by atoms with Crippen LogP contribution in [-0.4, -0.2) is 59.4 Å². The van der Waals surface area contributed by atoms with Gasteiger partial charge in [-0.3, -0.25) is 0 Å². The van der Waals surface area contributed by atoms with Crippen LogP contribution in [0, 0.1) is 17.8 Å². The molecule has 0 aliphatic carbocycles. The van der Waals surface area contributed by atoms with Crippen LogP contribution in [0.1, 0.15) is 67.9 Å². The highest BCUT2D eigenvalue weighted by molar-refractivity contribution is 6.74. The standard InChI is InChI=1S/C31H58O5Si2/c1-10-37(11-2,12-3)35-29(24(7)22-33-23-27-19-17-16-18-20-27)25(8)30(26(9)31-28(21-32)34-31)36-38(13-4,14-5)15-6/h16-20,24-26,28-32H,10-15,21-23H2,1-9H3/t24-,25-,26+,28-,29-,30+,31-/m0/s1. The molecule has 0 amide bonds. The summed E-state index contributed by atoms with van der Waals surface area (Å²) in [5.74, 6) is 0.623. The summed E-state index contributed by atoms with van der Waals surface area (Å²) in [4.78, 5) is 0. The van der Waals surface area contributed by atoms with Crippen molar-refractivity contribution in [1.82, 2.24) is 0 Å². The Morgan fingerprint density at radius 2 is 1.29 bits per heavy atom. The van der Waals surface area contributed by atoms with E-state index in [0.717, 1.165) is 36.3 Å². The maximum Gasteiger partial charge on any atom is 0.192 e. The maximum absolute atomic E-state index is 9.76. The fourth-order valence-electron chi connectivity index (χ4n) is 6.18. The Morgan fingerprint density at radius 1 is 0.789 bits per heavy atom. The van der Waals surface area contributed by atoms with Crippen molar-refractivity contribution in [2.45, 2.75) is 130 Å². The summed E-state index contributed by atoms with van der Waals surface area (Å²) in [7, 11) is -3.76. The van der Waals surface area contributed by atoms with E-state index in [1.165, 1.54) is 5.56 Å². The average Bonchev–Trinajstić information content (AvgIpc) is 3.75. The first-order chi connectivity index (χ1) is 18.2. The maximum atomic E-state index is 9.76. The van der Waals surface area contributed by atoms with Gasteiger partial charge in [0, 0.05) is 17.8 Å². The van der Waals surface area contributed by atoms with E-state index in [4.69, 9.17) is 18.3 Å². The van der Waals surface area contributed by atoms with Crippen molar-refractivity contribution in [1.29, 1.82) is 0 Å². The SMILES string of the molecule is CC[Si](CC)(CC)O[C@H]([C@@H](C)[C@@H](O[Si](CC)(CC)CC)[C@@H](C)COCc1ccccc1)[C@@H](C)[C@@H]1O[C@H]1CO. The molecule has 38 heavy (non-hydrogen) atoms. The summed E-state index contributed by atoms with van der Waals surface area (Å²) in [6.45, 7) is 22.1. The molecule has 1 aliphatic heterocycles. The van der Waals surface area contributed by atoms with Gasteiger partial charge in [-0.05, 0) is 41.8 Å². The molecule has 1 aliphatic rings. The van der Waals surface area contributed by atoms with Crippen molar-refractivity contribution >= 4 is 16.6 Å². The van der Waals surface area contributed by atoms with Gasteiger partial charge in [-0.15, -0.1) is 0 Å². The first-order valence-corrected chi connectivity index (χ1v) is 20.5. The molecule has 7 atom stereocenters. The van der Waals surface area contributed by atoms with E-state index < -0.39 is 16.6 Å². The zero-order valence-electron chi connectivity index (χ0n) is 25.9. The fourth-order valence-corrected chi connectivity index (χ4v) is 12.2. The first kappa shape index (κ1) is 33.7. The number of epoxide rings is 1. The van der Waals surface area contributed by atoms with Gasteiger partial charge >= 0.3 is 0 Å². The Balaban J connectivity index is 2.35. The quantitative estimate of drug-likeness (QED) is 0.130. The lowest BCUT2D eigenvalue weighted by molar-refractivity contribution is -0.0399. The summed E-state index contributed by atoms with van der Waals surface area (Å²) >= 11 is 0. The second-order valence-corrected chi connectivity index (χ2v) is 21.1. The Bertz CT molecular complexity index is 754. The van der Waals surface area contributed by atoms with Gasteiger partial charge in [0.25, 0.3) is 0 Å². The minimum absolute atomic E-state index is 0.0295. The Hall–Kier alpha value is -0.546. The van der Waals surface area contributed by atoms with Gasteiger partial charge in [0.05, 0.1) is 38.1 Å². The summed E-state index contributed by atoms with van der Waals surface area (Å²) in [5, 5.41) is 9.76. The molecule has 0 aromatic heterocycles. The lowest BCUT2D eigenvalue weighted by Crippen LogP contribution is -2.53. The Morgan fingerprint density at radius 3 is 1.74 bits per heavy atom. The van der Waals surface area contributed by atoms with E-state index in [0.29, 0.717) is 13.2 Å². The molecule has 1 aromatic carbocycles. The van der Waals surface area contributed by atoms with Crippen LogP contribution in [-0.2, 0) is 24.9 Å². The van der Waals surface area contributed by atoms with Gasteiger partial charge in [0.15, 0.2) is 16.6 Å². The summed E-state index contributed by atoms with van der Waals surface area (Å²) < 4.78 is 26.8. The van der Waals surface area contributed by atoms with Crippen LogP contribution in [0.3, 0.4) is 0 Å². The predicted octanol–water partition coefficient (Wildman–Crippen LogP) is 7.65. The minimum Gasteiger partial charge on any atom is -0.413 e. The third kappa shape index (κ3) is 8.72. The summed E-state index contributed by atoms with van der Waals surface area (Å²) in [6.07, 6.45) is 0.0708. The highest BCUT2D eigenvalue weighted by Gasteiger charge is 2.50. The first-order valence-electron chi connectivity index (χ1n) is 15.4. The smallest absolute Gasteiger partial charge is 0.192 e. The Labute approximate surface area is 236 Å². The molecule has 0 saturated carbocycles. The van der Waals surface area contributed by atoms with E-state index in [2.05, 4.69) is 86.6 Å². The van der Waals surface area contributed by atoms with E-state index >= 15 is 0 Å². The molecule has 0 spiro atoms. The van der Waals surface area contributed by atoms with E-state index in [9.17, 15) is 5.11 Å². The molecule has 5 nitrogen and oxygen atoms in total. The lowest BCUT2D eigenvalue weighted by Gasteiger charge is -2.45. The zero-order valence-corrected chi connectivity index (χ0v) is 27.9. The zero-order chi connectivity index (χ0) is 28.3. The normalized spacial score (nSPS) is 22.1. The van der Waals surface area contributed by atoms with Crippen LogP contribution < -0.4 is 0 Å². The molecule has 1 N–H and O–H groups in total. The van der Waals surface area contributed by atoms with Crippen LogP contribution in [0.15, 0.2) is 30.3 Å². The largest absolute Gasteiger partial charge is 0.413 e. The van der Waals surface area contributed by atoms with E-state index in [1.807, 2.05) is 6.07 Å². The van der Waals surface area contributed by atoms with Crippen LogP contribution in [0.25, 0.3) is 0 Å². The molecular weight excluding hydrogens is 509 g/mol. The Kier molecular flexibility index (Phi) is 14.2. The van der Waals surface area contributed by atoms with Crippen molar-refractivity contribution in [3.05, 3.63) is 35.9 Å². The molecule has 2 rings (SSSR count). The van der Waals surface area contributed by atoms with E-state index in [-0.39, 0.29) is 48.8 Å². The lowest BCUT2D eigenvalue weighted by atomic mass is 9.83. The van der Waals surface area contributed by atoms with Gasteiger partial charge in [0.2, 0.25) is 0 Å². The topological polar surface area (TPSA) is 60.5 Å². The van der Waals surface area contributed by atoms with E-state index in [1.54, 1.807) is 0 Å². The number of ether oxygens (including phenoxy) is 2. The van der Waals surface area contributed by atoms with Gasteiger partial charge in [0.1, 0.15) is 6.10 Å². The van der Waals surface area contributed by atoms with Crippen molar-refractivity contribution in [3.63, 3.8) is 0 Å². The molecule has 1 aromatic rings. The van der Waals surface area contributed by atoms with Crippen LogP contribution in [0.4, 0.5) is 0 Å². The second-order valence-electron chi connectivity index (χ2n) is 11.7. The average molecular weight is 567 g/mol. The highest BCUT2D eigenvalue weighted by atomic mass is 28.4. The van der Waals surface area contributed by atoms with Gasteiger partial charge in [-0.1, -0.05) is 92.6 Å². The second kappa shape index (κ2) is 16.0. The number of aliphatic hydroxyl groups excluding tert-OH is 1. The molecule has 1 saturated heterocycles. The summed E-state index contributed by atoms with van der Waals surface area (Å²) in [6, 6.07) is 17.1. The number of hydrogen-bond donors (Lipinski definition) is 1. The molecule has 7 heteroatoms. The van der Waals surface area contributed by atoms with Crippen molar-refractivity contribution < 1.29 is 23.4 Å². The molecule has 220 valence electrons. The fraction of sp³-hybridized carbons (Fsp3) is 0.806. The van der Waals surface area contributed by atoms with Gasteiger partial charge < -0.3 is 23.4 Å². The van der Waals surface area contributed by atoms with Crippen LogP contribution in [0.5, 0.6) is 0 Å². The minimum atomic E-state index is -1.88. The number of rotatable bonds is 20. The predicted molar refractivity (Wildman–Crippen MR) is 163 cm³/mol. The number of aliphatic hydroxyl groups is 1. The molecule has 1 heterocycles. The summed E-state index contributed by atoms with van der Waals surface area (Å²) in [5.41, 5.74) is 1.20. The van der Waals surface area contributed by atoms with Gasteiger partial charge in [-0.2, -0.15) is 0 Å². The highest BCUT2D eigenvalue weighted by Crippen LogP contribution is 2.41.